The van der Waals surface area contributed by atoms with Crippen LogP contribution in [0, 0.1) is 17.2 Å². The topological polar surface area (TPSA) is 39.9 Å². The van der Waals surface area contributed by atoms with Crippen molar-refractivity contribution in [3.05, 3.63) is 24.0 Å². The summed E-state index contributed by atoms with van der Waals surface area (Å²) in [7, 11) is 0. The maximum absolute atomic E-state index is 9.04. The molecule has 1 aliphatic rings. The quantitative estimate of drug-likeness (QED) is 0.778. The van der Waals surface area contributed by atoms with Gasteiger partial charge in [-0.15, -0.1) is 0 Å². The molecule has 2 heterocycles. The van der Waals surface area contributed by atoms with Gasteiger partial charge < -0.3 is 4.90 Å². The third kappa shape index (κ3) is 2.16. The van der Waals surface area contributed by atoms with E-state index in [1.165, 1.54) is 19.3 Å². The fraction of sp³-hybridized carbons (Fsp3) is 0.538. The number of hydrogen-bond acceptors (Lipinski definition) is 3. The summed E-state index contributed by atoms with van der Waals surface area (Å²) in [6, 6.07) is 4.03. The molecule has 3 nitrogen and oxygen atoms in total. The maximum Gasteiger partial charge on any atom is 0.101 e. The standard InChI is InChI=1S/C13H17N3/c1-2-3-11-5-7-16(10-11)13-9-15-6-4-12(13)8-14/h4,6,9,11H,2-3,5,7,10H2,1H3. The Morgan fingerprint density at radius 3 is 3.25 bits per heavy atom. The number of anilines is 1. The van der Waals surface area contributed by atoms with E-state index in [1.54, 1.807) is 12.3 Å². The zero-order valence-corrected chi connectivity index (χ0v) is 9.69. The Kier molecular flexibility index (Phi) is 3.40. The molecule has 1 fully saturated rings. The molecular formula is C13H17N3. The minimum absolute atomic E-state index is 0.743. The van der Waals surface area contributed by atoms with Crippen molar-refractivity contribution in [2.45, 2.75) is 26.2 Å². The average Bonchev–Trinajstić information content (AvgIpc) is 2.78. The zero-order valence-electron chi connectivity index (χ0n) is 9.69. The molecule has 3 heteroatoms. The van der Waals surface area contributed by atoms with Crippen LogP contribution in [-0.2, 0) is 0 Å². The van der Waals surface area contributed by atoms with Crippen molar-refractivity contribution >= 4 is 5.69 Å². The van der Waals surface area contributed by atoms with E-state index in [0.29, 0.717) is 0 Å². The summed E-state index contributed by atoms with van der Waals surface area (Å²) in [5.74, 6) is 0.789. The molecule has 0 aromatic carbocycles. The first-order valence-corrected chi connectivity index (χ1v) is 5.94. The van der Waals surface area contributed by atoms with Gasteiger partial charge in [-0.3, -0.25) is 4.98 Å². The second-order valence-electron chi connectivity index (χ2n) is 4.39. The van der Waals surface area contributed by atoms with Crippen LogP contribution in [-0.4, -0.2) is 18.1 Å². The Balaban J connectivity index is 2.12. The first-order valence-electron chi connectivity index (χ1n) is 5.94. The van der Waals surface area contributed by atoms with Gasteiger partial charge in [0.25, 0.3) is 0 Å². The van der Waals surface area contributed by atoms with Crippen LogP contribution in [0.5, 0.6) is 0 Å². The number of nitrogens with zero attached hydrogens (tertiary/aromatic N) is 3. The van der Waals surface area contributed by atoms with E-state index in [9.17, 15) is 0 Å². The van der Waals surface area contributed by atoms with Crippen LogP contribution < -0.4 is 4.90 Å². The van der Waals surface area contributed by atoms with Crippen molar-refractivity contribution in [1.82, 2.24) is 4.98 Å². The lowest BCUT2D eigenvalue weighted by Gasteiger charge is -2.19. The number of nitriles is 1. The summed E-state index contributed by atoms with van der Waals surface area (Å²) < 4.78 is 0. The molecule has 0 aliphatic carbocycles. The van der Waals surface area contributed by atoms with Gasteiger partial charge in [-0.1, -0.05) is 13.3 Å². The molecule has 0 saturated carbocycles. The fourth-order valence-electron chi connectivity index (χ4n) is 2.43. The number of rotatable bonds is 3. The molecule has 0 amide bonds. The highest BCUT2D eigenvalue weighted by molar-refractivity contribution is 5.58. The summed E-state index contributed by atoms with van der Waals surface area (Å²) in [4.78, 5) is 6.41. The predicted octanol–water partition coefficient (Wildman–Crippen LogP) is 2.58. The summed E-state index contributed by atoms with van der Waals surface area (Å²) in [6.45, 7) is 4.37. The molecule has 16 heavy (non-hydrogen) atoms. The summed E-state index contributed by atoms with van der Waals surface area (Å²) >= 11 is 0. The third-order valence-corrected chi connectivity index (χ3v) is 3.24. The van der Waals surface area contributed by atoms with Crippen LogP contribution in [0.1, 0.15) is 31.7 Å². The fourth-order valence-corrected chi connectivity index (χ4v) is 2.43. The van der Waals surface area contributed by atoms with Crippen LogP contribution in [0.15, 0.2) is 18.5 Å². The van der Waals surface area contributed by atoms with Crippen molar-refractivity contribution < 1.29 is 0 Å². The van der Waals surface area contributed by atoms with Gasteiger partial charge in [0.2, 0.25) is 0 Å². The second-order valence-corrected chi connectivity index (χ2v) is 4.39. The van der Waals surface area contributed by atoms with E-state index in [1.807, 2.05) is 6.20 Å². The van der Waals surface area contributed by atoms with E-state index < -0.39 is 0 Å². The molecule has 1 saturated heterocycles. The normalized spacial score (nSPS) is 19.8. The highest BCUT2D eigenvalue weighted by atomic mass is 15.2. The molecule has 1 aromatic heterocycles. The molecule has 1 unspecified atom stereocenters. The maximum atomic E-state index is 9.04. The van der Waals surface area contributed by atoms with Crippen molar-refractivity contribution in [2.24, 2.45) is 5.92 Å². The van der Waals surface area contributed by atoms with Crippen molar-refractivity contribution in [3.8, 4) is 6.07 Å². The van der Waals surface area contributed by atoms with E-state index in [2.05, 4.69) is 22.9 Å². The Hall–Kier alpha value is -1.56. The monoisotopic (exact) mass is 215 g/mol. The molecule has 0 radical (unpaired) electrons. The van der Waals surface area contributed by atoms with Gasteiger partial charge in [0.15, 0.2) is 0 Å². The van der Waals surface area contributed by atoms with Crippen LogP contribution in [0.4, 0.5) is 5.69 Å². The number of aromatic nitrogens is 1. The Labute approximate surface area is 96.7 Å². The number of hydrogen-bond donors (Lipinski definition) is 0. The molecule has 0 bridgehead atoms. The van der Waals surface area contributed by atoms with Gasteiger partial charge in [0.1, 0.15) is 6.07 Å². The predicted molar refractivity (Wildman–Crippen MR) is 64.2 cm³/mol. The van der Waals surface area contributed by atoms with Crippen LogP contribution in [0.25, 0.3) is 0 Å². The lowest BCUT2D eigenvalue weighted by atomic mass is 10.0. The number of pyridine rings is 1. The van der Waals surface area contributed by atoms with E-state index in [-0.39, 0.29) is 0 Å². The largest absolute Gasteiger partial charge is 0.369 e. The van der Waals surface area contributed by atoms with Crippen LogP contribution >= 0.6 is 0 Å². The third-order valence-electron chi connectivity index (χ3n) is 3.24. The van der Waals surface area contributed by atoms with Gasteiger partial charge in [0.05, 0.1) is 17.4 Å². The van der Waals surface area contributed by atoms with E-state index in [4.69, 9.17) is 5.26 Å². The SMILES string of the molecule is CCCC1CCN(c2cnccc2C#N)C1. The van der Waals surface area contributed by atoms with Crippen LogP contribution in [0.3, 0.4) is 0 Å². The Morgan fingerprint density at radius 2 is 2.50 bits per heavy atom. The molecule has 84 valence electrons. The molecule has 1 atom stereocenters. The molecule has 1 aliphatic heterocycles. The summed E-state index contributed by atoms with van der Waals surface area (Å²) in [6.07, 6.45) is 7.28. The minimum atomic E-state index is 0.743. The molecule has 2 rings (SSSR count). The van der Waals surface area contributed by atoms with E-state index in [0.717, 1.165) is 30.3 Å². The lowest BCUT2D eigenvalue weighted by Crippen LogP contribution is -2.20. The smallest absolute Gasteiger partial charge is 0.101 e. The highest BCUT2D eigenvalue weighted by Gasteiger charge is 2.23. The second kappa shape index (κ2) is 4.98. The highest BCUT2D eigenvalue weighted by Crippen LogP contribution is 2.27. The average molecular weight is 215 g/mol. The van der Waals surface area contributed by atoms with Gasteiger partial charge in [0, 0.05) is 19.3 Å². The van der Waals surface area contributed by atoms with Gasteiger partial charge in [-0.25, -0.2) is 0 Å². The van der Waals surface area contributed by atoms with Crippen molar-refractivity contribution in [3.63, 3.8) is 0 Å². The lowest BCUT2D eigenvalue weighted by molar-refractivity contribution is 0.530. The molecule has 0 N–H and O–H groups in total. The zero-order chi connectivity index (χ0) is 11.4. The summed E-state index contributed by atoms with van der Waals surface area (Å²) in [5.41, 5.74) is 1.75. The van der Waals surface area contributed by atoms with Gasteiger partial charge in [-0.2, -0.15) is 5.26 Å². The molecule has 0 spiro atoms. The van der Waals surface area contributed by atoms with Gasteiger partial charge >= 0.3 is 0 Å². The first-order chi connectivity index (χ1) is 7.85. The minimum Gasteiger partial charge on any atom is -0.369 e. The first kappa shape index (κ1) is 10.9. The van der Waals surface area contributed by atoms with Crippen molar-refractivity contribution in [1.29, 1.82) is 5.26 Å². The Bertz CT molecular complexity index is 394. The molecular weight excluding hydrogens is 198 g/mol. The van der Waals surface area contributed by atoms with Gasteiger partial charge in [-0.05, 0) is 24.8 Å². The Morgan fingerprint density at radius 1 is 1.62 bits per heavy atom. The molecule has 1 aromatic rings. The van der Waals surface area contributed by atoms with Crippen molar-refractivity contribution in [2.75, 3.05) is 18.0 Å². The van der Waals surface area contributed by atoms with E-state index >= 15 is 0 Å². The van der Waals surface area contributed by atoms with Crippen LogP contribution in [0.2, 0.25) is 0 Å². The summed E-state index contributed by atoms with van der Waals surface area (Å²) in [5, 5.41) is 9.04.